The van der Waals surface area contributed by atoms with Crippen LogP contribution in [0.25, 0.3) is 0 Å². The minimum atomic E-state index is -0.128. The molecule has 4 nitrogen and oxygen atoms in total. The Morgan fingerprint density at radius 1 is 1.18 bits per heavy atom. The lowest BCUT2D eigenvalue weighted by molar-refractivity contribution is 0.0680. The maximum absolute atomic E-state index is 12.1. The van der Waals surface area contributed by atoms with Gasteiger partial charge >= 0.3 is 0 Å². The zero-order valence-electron chi connectivity index (χ0n) is 12.3. The van der Waals surface area contributed by atoms with Crippen LogP contribution < -0.4 is 10.1 Å². The minimum absolute atomic E-state index is 0.128. The van der Waals surface area contributed by atoms with Crippen molar-refractivity contribution in [2.75, 3.05) is 18.5 Å². The second kappa shape index (κ2) is 7.09. The third-order valence-corrected chi connectivity index (χ3v) is 3.59. The molecule has 0 bridgehead atoms. The third kappa shape index (κ3) is 3.86. The molecule has 1 saturated heterocycles. The van der Waals surface area contributed by atoms with Gasteiger partial charge in [-0.3, -0.25) is 4.79 Å². The first-order valence-corrected chi connectivity index (χ1v) is 7.52. The van der Waals surface area contributed by atoms with Gasteiger partial charge in [0.1, 0.15) is 12.4 Å². The Labute approximate surface area is 130 Å². The molecule has 0 radical (unpaired) electrons. The highest BCUT2D eigenvalue weighted by Gasteiger charge is 2.16. The molecule has 2 aromatic carbocycles. The summed E-state index contributed by atoms with van der Waals surface area (Å²) in [5, 5.41) is 2.88. The highest BCUT2D eigenvalue weighted by Crippen LogP contribution is 2.20. The predicted octanol–water partition coefficient (Wildman–Crippen LogP) is 3.50. The Bertz CT molecular complexity index is 621. The van der Waals surface area contributed by atoms with E-state index in [2.05, 4.69) is 5.32 Å². The van der Waals surface area contributed by atoms with Gasteiger partial charge in [-0.15, -0.1) is 0 Å². The molecule has 0 saturated carbocycles. The molecule has 0 aromatic heterocycles. The van der Waals surface area contributed by atoms with Crippen molar-refractivity contribution in [2.45, 2.75) is 18.9 Å². The highest BCUT2D eigenvalue weighted by atomic mass is 16.5. The molecule has 1 atom stereocenters. The number of hydrogen-bond donors (Lipinski definition) is 1. The molecule has 1 aliphatic rings. The van der Waals surface area contributed by atoms with Gasteiger partial charge in [0.05, 0.1) is 6.10 Å². The molecule has 114 valence electrons. The normalized spacial score (nSPS) is 17.2. The van der Waals surface area contributed by atoms with Gasteiger partial charge in [-0.1, -0.05) is 24.3 Å². The van der Waals surface area contributed by atoms with Gasteiger partial charge in [-0.2, -0.15) is 0 Å². The second-order valence-electron chi connectivity index (χ2n) is 5.29. The van der Waals surface area contributed by atoms with Crippen LogP contribution in [0.1, 0.15) is 23.2 Å². The van der Waals surface area contributed by atoms with Crippen LogP contribution in [0.15, 0.2) is 54.6 Å². The van der Waals surface area contributed by atoms with E-state index in [0.29, 0.717) is 12.2 Å². The van der Waals surface area contributed by atoms with Gasteiger partial charge in [-0.25, -0.2) is 0 Å². The van der Waals surface area contributed by atoms with Crippen LogP contribution in [0.2, 0.25) is 0 Å². The van der Waals surface area contributed by atoms with Crippen LogP contribution in [-0.2, 0) is 4.74 Å². The Hall–Kier alpha value is -2.33. The molecule has 0 unspecified atom stereocenters. The molecule has 0 aliphatic carbocycles. The van der Waals surface area contributed by atoms with Crippen molar-refractivity contribution in [3.05, 3.63) is 60.2 Å². The van der Waals surface area contributed by atoms with Crippen molar-refractivity contribution < 1.29 is 14.3 Å². The van der Waals surface area contributed by atoms with E-state index in [4.69, 9.17) is 9.47 Å². The molecule has 4 heteroatoms. The molecule has 0 spiro atoms. The SMILES string of the molecule is O=C(Nc1cccc(OC[C@H]2CCCO2)c1)c1ccccc1. The maximum Gasteiger partial charge on any atom is 0.255 e. The summed E-state index contributed by atoms with van der Waals surface area (Å²) < 4.78 is 11.3. The summed E-state index contributed by atoms with van der Waals surface area (Å²) in [5.41, 5.74) is 1.35. The van der Waals surface area contributed by atoms with Gasteiger partial charge in [0.25, 0.3) is 5.91 Å². The summed E-state index contributed by atoms with van der Waals surface area (Å²) in [5.74, 6) is 0.609. The largest absolute Gasteiger partial charge is 0.491 e. The Balaban J connectivity index is 1.59. The lowest BCUT2D eigenvalue weighted by Crippen LogP contribution is -2.16. The van der Waals surface area contributed by atoms with Crippen LogP contribution in [0, 0.1) is 0 Å². The lowest BCUT2D eigenvalue weighted by atomic mass is 10.2. The summed E-state index contributed by atoms with van der Waals surface area (Å²) in [6.45, 7) is 1.37. The number of nitrogens with one attached hydrogen (secondary N) is 1. The molecular formula is C18H19NO3. The van der Waals surface area contributed by atoms with E-state index in [0.717, 1.165) is 30.9 Å². The summed E-state index contributed by atoms with van der Waals surface area (Å²) in [6.07, 6.45) is 2.33. The molecule has 1 amide bonds. The van der Waals surface area contributed by atoms with E-state index in [1.54, 1.807) is 12.1 Å². The minimum Gasteiger partial charge on any atom is -0.491 e. The number of benzene rings is 2. The fraction of sp³-hybridized carbons (Fsp3) is 0.278. The van der Waals surface area contributed by atoms with Gasteiger partial charge in [0.2, 0.25) is 0 Å². The third-order valence-electron chi connectivity index (χ3n) is 3.59. The fourth-order valence-corrected chi connectivity index (χ4v) is 2.42. The monoisotopic (exact) mass is 297 g/mol. The fourth-order valence-electron chi connectivity index (χ4n) is 2.42. The molecule has 3 rings (SSSR count). The van der Waals surface area contributed by atoms with E-state index < -0.39 is 0 Å². The van der Waals surface area contributed by atoms with Crippen molar-refractivity contribution in [2.24, 2.45) is 0 Å². The van der Waals surface area contributed by atoms with Gasteiger partial charge in [0.15, 0.2) is 0 Å². The van der Waals surface area contributed by atoms with Gasteiger partial charge in [-0.05, 0) is 37.1 Å². The number of amides is 1. The van der Waals surface area contributed by atoms with Crippen LogP contribution in [0.5, 0.6) is 5.75 Å². The number of anilines is 1. The number of carbonyl (C=O) groups is 1. The van der Waals surface area contributed by atoms with Crippen LogP contribution in [-0.4, -0.2) is 25.2 Å². The molecular weight excluding hydrogens is 278 g/mol. The first-order valence-electron chi connectivity index (χ1n) is 7.52. The summed E-state index contributed by atoms with van der Waals surface area (Å²) in [6, 6.07) is 16.6. The molecule has 2 aromatic rings. The summed E-state index contributed by atoms with van der Waals surface area (Å²) in [4.78, 5) is 12.1. The van der Waals surface area contributed by atoms with Crippen molar-refractivity contribution >= 4 is 11.6 Å². The van der Waals surface area contributed by atoms with E-state index in [9.17, 15) is 4.79 Å². The van der Waals surface area contributed by atoms with Crippen molar-refractivity contribution in [3.63, 3.8) is 0 Å². The van der Waals surface area contributed by atoms with E-state index in [1.807, 2.05) is 42.5 Å². The highest BCUT2D eigenvalue weighted by molar-refractivity contribution is 6.04. The van der Waals surface area contributed by atoms with Crippen molar-refractivity contribution in [1.82, 2.24) is 0 Å². The number of carbonyl (C=O) groups excluding carboxylic acids is 1. The Kier molecular flexibility index (Phi) is 4.71. The molecule has 1 N–H and O–H groups in total. The average Bonchev–Trinajstić information content (AvgIpc) is 3.08. The maximum atomic E-state index is 12.1. The molecule has 1 aliphatic heterocycles. The first kappa shape index (κ1) is 14.6. The van der Waals surface area contributed by atoms with Gasteiger partial charge in [0, 0.05) is 23.9 Å². The van der Waals surface area contributed by atoms with Crippen LogP contribution in [0.4, 0.5) is 5.69 Å². The Morgan fingerprint density at radius 2 is 2.05 bits per heavy atom. The molecule has 1 heterocycles. The zero-order chi connectivity index (χ0) is 15.2. The number of ether oxygens (including phenoxy) is 2. The standard InChI is InChI=1S/C18H19NO3/c20-18(14-6-2-1-3-7-14)19-15-8-4-9-16(12-15)22-13-17-10-5-11-21-17/h1-4,6-9,12,17H,5,10-11,13H2,(H,19,20)/t17-/m1/s1. The second-order valence-corrected chi connectivity index (χ2v) is 5.29. The number of hydrogen-bond acceptors (Lipinski definition) is 3. The van der Waals surface area contributed by atoms with E-state index in [1.165, 1.54) is 0 Å². The topological polar surface area (TPSA) is 47.6 Å². The van der Waals surface area contributed by atoms with Gasteiger partial charge < -0.3 is 14.8 Å². The smallest absolute Gasteiger partial charge is 0.255 e. The summed E-state index contributed by atoms with van der Waals surface area (Å²) in [7, 11) is 0. The zero-order valence-corrected chi connectivity index (χ0v) is 12.3. The summed E-state index contributed by atoms with van der Waals surface area (Å²) >= 11 is 0. The van der Waals surface area contributed by atoms with Crippen LogP contribution in [0.3, 0.4) is 0 Å². The molecule has 22 heavy (non-hydrogen) atoms. The molecule has 1 fully saturated rings. The quantitative estimate of drug-likeness (QED) is 0.919. The number of rotatable bonds is 5. The van der Waals surface area contributed by atoms with E-state index >= 15 is 0 Å². The average molecular weight is 297 g/mol. The van der Waals surface area contributed by atoms with E-state index in [-0.39, 0.29) is 12.0 Å². The Morgan fingerprint density at radius 3 is 2.82 bits per heavy atom. The van der Waals surface area contributed by atoms with Crippen molar-refractivity contribution in [1.29, 1.82) is 0 Å². The lowest BCUT2D eigenvalue weighted by Gasteiger charge is -2.12. The van der Waals surface area contributed by atoms with Crippen molar-refractivity contribution in [3.8, 4) is 5.75 Å². The van der Waals surface area contributed by atoms with Crippen LogP contribution >= 0.6 is 0 Å². The predicted molar refractivity (Wildman–Crippen MR) is 85.3 cm³/mol. The first-order chi connectivity index (χ1) is 10.8.